The number of ether oxygens (including phenoxy) is 1. The molecular weight excluding hydrogens is 357 g/mol. The van der Waals surface area contributed by atoms with Crippen LogP contribution >= 0.6 is 0 Å². The molecule has 8 heteroatoms. The van der Waals surface area contributed by atoms with E-state index in [-0.39, 0.29) is 6.04 Å². The fraction of sp³-hybridized carbons (Fsp3) is 0.579. The maximum Gasteiger partial charge on any atom is 0.416 e. The van der Waals surface area contributed by atoms with Crippen LogP contribution in [0.25, 0.3) is 10.9 Å². The molecular formula is C19H23F3N4O. The van der Waals surface area contributed by atoms with Crippen molar-refractivity contribution in [2.45, 2.75) is 43.9 Å². The van der Waals surface area contributed by atoms with E-state index in [2.05, 4.69) is 20.2 Å². The molecule has 4 rings (SSSR count). The third kappa shape index (κ3) is 4.16. The number of fused-ring (bicyclic) bond motifs is 1. The highest BCUT2D eigenvalue weighted by molar-refractivity contribution is 5.89. The largest absolute Gasteiger partial charge is 0.416 e. The Labute approximate surface area is 155 Å². The van der Waals surface area contributed by atoms with Crippen molar-refractivity contribution in [3.05, 3.63) is 30.1 Å². The molecule has 2 heterocycles. The van der Waals surface area contributed by atoms with E-state index in [0.717, 1.165) is 64.1 Å². The summed E-state index contributed by atoms with van der Waals surface area (Å²) in [5.41, 5.74) is -0.161. The number of alkyl halides is 3. The van der Waals surface area contributed by atoms with Crippen molar-refractivity contribution in [3.63, 3.8) is 0 Å². The van der Waals surface area contributed by atoms with Crippen molar-refractivity contribution in [3.8, 4) is 0 Å². The Kier molecular flexibility index (Phi) is 5.19. The quantitative estimate of drug-likeness (QED) is 0.880. The van der Waals surface area contributed by atoms with E-state index >= 15 is 0 Å². The Morgan fingerprint density at radius 1 is 1.04 bits per heavy atom. The third-order valence-corrected chi connectivity index (χ3v) is 5.56. The smallest absolute Gasteiger partial charge is 0.379 e. The number of rotatable bonds is 3. The summed E-state index contributed by atoms with van der Waals surface area (Å²) in [6.07, 6.45) is 1.14. The SMILES string of the molecule is FC(F)(F)c1ccc2ncnc(N[C@H]3CC[C@H](N4CCOCC4)CC3)c2c1. The monoisotopic (exact) mass is 380 g/mol. The molecule has 0 spiro atoms. The maximum absolute atomic E-state index is 13.1. The van der Waals surface area contributed by atoms with Crippen LogP contribution in [0.15, 0.2) is 24.5 Å². The van der Waals surface area contributed by atoms with Crippen molar-refractivity contribution < 1.29 is 17.9 Å². The van der Waals surface area contributed by atoms with E-state index in [9.17, 15) is 13.2 Å². The van der Waals surface area contributed by atoms with Gasteiger partial charge in [0.15, 0.2) is 0 Å². The van der Waals surface area contributed by atoms with Crippen LogP contribution in [0.3, 0.4) is 0 Å². The van der Waals surface area contributed by atoms with E-state index in [1.54, 1.807) is 0 Å². The second kappa shape index (κ2) is 7.59. The molecule has 1 aromatic carbocycles. The number of anilines is 1. The van der Waals surface area contributed by atoms with Gasteiger partial charge < -0.3 is 10.1 Å². The Morgan fingerprint density at radius 2 is 1.78 bits per heavy atom. The first kappa shape index (κ1) is 18.4. The van der Waals surface area contributed by atoms with Gasteiger partial charge in [-0.3, -0.25) is 4.90 Å². The van der Waals surface area contributed by atoms with Crippen LogP contribution in [-0.4, -0.2) is 53.3 Å². The number of benzene rings is 1. The lowest BCUT2D eigenvalue weighted by Crippen LogP contribution is -2.46. The Morgan fingerprint density at radius 3 is 2.48 bits per heavy atom. The van der Waals surface area contributed by atoms with Crippen LogP contribution < -0.4 is 5.32 Å². The van der Waals surface area contributed by atoms with E-state index in [1.807, 2.05) is 0 Å². The third-order valence-electron chi connectivity index (χ3n) is 5.56. The second-order valence-electron chi connectivity index (χ2n) is 7.25. The molecule has 1 saturated carbocycles. The molecule has 146 valence electrons. The summed E-state index contributed by atoms with van der Waals surface area (Å²) in [5.74, 6) is 0.487. The Bertz CT molecular complexity index is 784. The maximum atomic E-state index is 13.1. The minimum atomic E-state index is -4.38. The van der Waals surface area contributed by atoms with E-state index in [1.165, 1.54) is 12.4 Å². The molecule has 1 aliphatic heterocycles. The summed E-state index contributed by atoms with van der Waals surface area (Å²) in [4.78, 5) is 10.8. The normalized spacial score (nSPS) is 24.9. The van der Waals surface area contributed by atoms with Gasteiger partial charge in [-0.15, -0.1) is 0 Å². The number of aromatic nitrogens is 2. The van der Waals surface area contributed by atoms with Gasteiger partial charge in [-0.25, -0.2) is 9.97 Å². The summed E-state index contributed by atoms with van der Waals surface area (Å²) < 4.78 is 44.6. The number of nitrogens with zero attached hydrogens (tertiary/aromatic N) is 3. The minimum Gasteiger partial charge on any atom is -0.379 e. The summed E-state index contributed by atoms with van der Waals surface area (Å²) in [6.45, 7) is 3.57. The average Bonchev–Trinajstić information content (AvgIpc) is 2.68. The molecule has 1 saturated heterocycles. The van der Waals surface area contributed by atoms with Gasteiger partial charge in [-0.2, -0.15) is 13.2 Å². The number of halogens is 3. The molecule has 1 aromatic heterocycles. The predicted molar refractivity (Wildman–Crippen MR) is 96.6 cm³/mol. The van der Waals surface area contributed by atoms with Gasteiger partial charge >= 0.3 is 6.18 Å². The van der Waals surface area contributed by atoms with Crippen LogP contribution in [0.5, 0.6) is 0 Å². The molecule has 1 aliphatic carbocycles. The molecule has 2 aromatic rings. The number of nitrogens with one attached hydrogen (secondary N) is 1. The van der Waals surface area contributed by atoms with Crippen LogP contribution in [0.4, 0.5) is 19.0 Å². The van der Waals surface area contributed by atoms with Crippen LogP contribution in [-0.2, 0) is 10.9 Å². The number of hydrogen-bond donors (Lipinski definition) is 1. The van der Waals surface area contributed by atoms with Crippen LogP contribution in [0.1, 0.15) is 31.2 Å². The fourth-order valence-corrected chi connectivity index (χ4v) is 4.07. The minimum absolute atomic E-state index is 0.218. The van der Waals surface area contributed by atoms with Crippen molar-refractivity contribution in [1.82, 2.24) is 14.9 Å². The van der Waals surface area contributed by atoms with Gasteiger partial charge in [-0.1, -0.05) is 0 Å². The first-order chi connectivity index (χ1) is 13.0. The molecule has 2 aliphatic rings. The van der Waals surface area contributed by atoms with E-state index in [4.69, 9.17) is 4.74 Å². The van der Waals surface area contributed by atoms with Gasteiger partial charge in [0.25, 0.3) is 0 Å². The van der Waals surface area contributed by atoms with Gasteiger partial charge in [0, 0.05) is 30.6 Å². The highest BCUT2D eigenvalue weighted by Crippen LogP contribution is 2.33. The van der Waals surface area contributed by atoms with Gasteiger partial charge in [0.1, 0.15) is 12.1 Å². The second-order valence-corrected chi connectivity index (χ2v) is 7.25. The molecule has 27 heavy (non-hydrogen) atoms. The standard InChI is InChI=1S/C19H23F3N4O/c20-19(21,22)13-1-6-17-16(11-13)18(24-12-23-17)25-14-2-4-15(5-3-14)26-7-9-27-10-8-26/h1,6,11-12,14-15H,2-5,7-10H2,(H,23,24,25)/t14-,15-. The number of hydrogen-bond acceptors (Lipinski definition) is 5. The molecule has 0 atom stereocenters. The van der Waals surface area contributed by atoms with Crippen LogP contribution in [0, 0.1) is 0 Å². The lowest BCUT2D eigenvalue weighted by molar-refractivity contribution is -0.137. The van der Waals surface area contributed by atoms with Crippen molar-refractivity contribution in [2.24, 2.45) is 0 Å². The highest BCUT2D eigenvalue weighted by Gasteiger charge is 2.31. The molecule has 2 fully saturated rings. The summed E-state index contributed by atoms with van der Waals surface area (Å²) in [7, 11) is 0. The van der Waals surface area contributed by atoms with Gasteiger partial charge in [0.2, 0.25) is 0 Å². The molecule has 5 nitrogen and oxygen atoms in total. The molecule has 1 N–H and O–H groups in total. The summed E-state index contributed by atoms with van der Waals surface area (Å²) in [6, 6.07) is 4.39. The van der Waals surface area contributed by atoms with Crippen molar-refractivity contribution in [1.29, 1.82) is 0 Å². The lowest BCUT2D eigenvalue weighted by Gasteiger charge is -2.39. The van der Waals surface area contributed by atoms with E-state index < -0.39 is 11.7 Å². The first-order valence-electron chi connectivity index (χ1n) is 9.41. The first-order valence-corrected chi connectivity index (χ1v) is 9.41. The summed E-state index contributed by atoms with van der Waals surface area (Å²) >= 11 is 0. The van der Waals surface area contributed by atoms with E-state index in [0.29, 0.717) is 22.8 Å². The predicted octanol–water partition coefficient (Wildman–Crippen LogP) is 3.70. The topological polar surface area (TPSA) is 50.3 Å². The molecule has 0 bridgehead atoms. The summed E-state index contributed by atoms with van der Waals surface area (Å²) in [5, 5.41) is 3.78. The zero-order valence-electron chi connectivity index (χ0n) is 15.0. The lowest BCUT2D eigenvalue weighted by atomic mass is 9.90. The van der Waals surface area contributed by atoms with Gasteiger partial charge in [0.05, 0.1) is 24.3 Å². The van der Waals surface area contributed by atoms with Crippen molar-refractivity contribution >= 4 is 16.7 Å². The highest BCUT2D eigenvalue weighted by atomic mass is 19.4. The zero-order chi connectivity index (χ0) is 18.9. The average molecular weight is 380 g/mol. The molecule has 0 amide bonds. The number of morpholine rings is 1. The molecule has 0 radical (unpaired) electrons. The Balaban J connectivity index is 1.46. The zero-order valence-corrected chi connectivity index (χ0v) is 15.0. The fourth-order valence-electron chi connectivity index (χ4n) is 4.07. The Hall–Kier alpha value is -1.93. The van der Waals surface area contributed by atoms with Crippen molar-refractivity contribution in [2.75, 3.05) is 31.6 Å². The van der Waals surface area contributed by atoms with Crippen LogP contribution in [0.2, 0.25) is 0 Å². The molecule has 0 unspecified atom stereocenters. The van der Waals surface area contributed by atoms with Gasteiger partial charge in [-0.05, 0) is 43.9 Å².